The molecule has 178 valence electrons. The Morgan fingerprint density at radius 3 is 2.30 bits per heavy atom. The average Bonchev–Trinajstić information content (AvgIpc) is 3.16. The molecule has 8 nitrogen and oxygen atoms in total. The van der Waals surface area contributed by atoms with E-state index in [1.165, 1.54) is 5.56 Å². The van der Waals surface area contributed by atoms with Crippen LogP contribution in [0.5, 0.6) is 5.75 Å². The molecular formula is C22H25F3N4O4. The Hall–Kier alpha value is -3.21. The molecule has 2 saturated heterocycles. The highest BCUT2D eigenvalue weighted by Gasteiger charge is 2.39. The van der Waals surface area contributed by atoms with E-state index in [4.69, 9.17) is 14.6 Å². The molecule has 0 radical (unpaired) electrons. The summed E-state index contributed by atoms with van der Waals surface area (Å²) in [6.07, 6.45) is -0.749. The summed E-state index contributed by atoms with van der Waals surface area (Å²) in [7, 11) is 0. The van der Waals surface area contributed by atoms with E-state index in [1.54, 1.807) is 12.4 Å². The van der Waals surface area contributed by atoms with E-state index in [0.29, 0.717) is 11.7 Å². The molecule has 2 aliphatic rings. The molecule has 4 rings (SSSR count). The maximum atomic E-state index is 12.7. The highest BCUT2D eigenvalue weighted by atomic mass is 19.4. The van der Waals surface area contributed by atoms with Gasteiger partial charge in [0.25, 0.3) is 5.91 Å². The van der Waals surface area contributed by atoms with Crippen molar-refractivity contribution in [1.29, 1.82) is 0 Å². The Morgan fingerprint density at radius 1 is 1.06 bits per heavy atom. The van der Waals surface area contributed by atoms with E-state index >= 15 is 0 Å². The zero-order valence-electron chi connectivity index (χ0n) is 18.2. The van der Waals surface area contributed by atoms with Gasteiger partial charge in [-0.05, 0) is 26.0 Å². The standard InChI is InChI=1S/C20H24N4O2.C2HF3O2/c1-14-3-5-17(6-4-14)26-18-9-16-12-24(8-7-23(16)13-18)20(25)19-11-21-15(2)10-22-19;3-2(4,5)1(6)7/h3-6,10-11,16,18H,7-9,12-13H2,1-2H3;(H,6,7)/t16-,18+;/m0./s1. The van der Waals surface area contributed by atoms with Crippen LogP contribution in [0.1, 0.15) is 28.2 Å². The van der Waals surface area contributed by atoms with Crippen molar-refractivity contribution >= 4 is 11.9 Å². The lowest BCUT2D eigenvalue weighted by Gasteiger charge is -2.36. The smallest absolute Gasteiger partial charge is 0.489 e. The van der Waals surface area contributed by atoms with E-state index in [9.17, 15) is 18.0 Å². The van der Waals surface area contributed by atoms with Crippen LogP contribution in [0.2, 0.25) is 0 Å². The number of carbonyl (C=O) groups excluding carboxylic acids is 1. The van der Waals surface area contributed by atoms with Gasteiger partial charge in [-0.1, -0.05) is 17.7 Å². The van der Waals surface area contributed by atoms with Gasteiger partial charge < -0.3 is 14.7 Å². The summed E-state index contributed by atoms with van der Waals surface area (Å²) >= 11 is 0. The van der Waals surface area contributed by atoms with Crippen molar-refractivity contribution < 1.29 is 32.6 Å². The van der Waals surface area contributed by atoms with E-state index in [-0.39, 0.29) is 12.0 Å². The maximum Gasteiger partial charge on any atom is 0.490 e. The third-order valence-corrected chi connectivity index (χ3v) is 5.43. The van der Waals surface area contributed by atoms with Gasteiger partial charge in [0.15, 0.2) is 0 Å². The van der Waals surface area contributed by atoms with Crippen LogP contribution >= 0.6 is 0 Å². The lowest BCUT2D eigenvalue weighted by Crippen LogP contribution is -2.52. The van der Waals surface area contributed by atoms with Gasteiger partial charge in [-0.2, -0.15) is 13.2 Å². The second-order valence-electron chi connectivity index (χ2n) is 8.03. The van der Waals surface area contributed by atoms with Crippen molar-refractivity contribution in [3.05, 3.63) is 53.6 Å². The number of aromatic nitrogens is 2. The predicted octanol–water partition coefficient (Wildman–Crippen LogP) is 2.70. The van der Waals surface area contributed by atoms with Crippen LogP contribution in [0, 0.1) is 13.8 Å². The van der Waals surface area contributed by atoms with E-state index < -0.39 is 12.1 Å². The number of amides is 1. The summed E-state index contributed by atoms with van der Waals surface area (Å²) in [5.74, 6) is -1.86. The molecule has 0 saturated carbocycles. The highest BCUT2D eigenvalue weighted by molar-refractivity contribution is 5.92. The van der Waals surface area contributed by atoms with Crippen LogP contribution in [0.25, 0.3) is 0 Å². The minimum absolute atomic E-state index is 0.0277. The normalized spacial score (nSPS) is 20.5. The molecule has 2 atom stereocenters. The van der Waals surface area contributed by atoms with Crippen LogP contribution < -0.4 is 4.74 Å². The fourth-order valence-electron chi connectivity index (χ4n) is 3.74. The molecule has 0 bridgehead atoms. The van der Waals surface area contributed by atoms with Gasteiger partial charge in [0, 0.05) is 44.8 Å². The molecule has 0 spiro atoms. The number of carbonyl (C=O) groups is 2. The first-order valence-electron chi connectivity index (χ1n) is 10.4. The number of hydrogen-bond acceptors (Lipinski definition) is 6. The molecule has 1 aromatic heterocycles. The number of alkyl halides is 3. The maximum absolute atomic E-state index is 12.7. The van der Waals surface area contributed by atoms with E-state index in [2.05, 4.69) is 33.9 Å². The van der Waals surface area contributed by atoms with E-state index in [0.717, 1.165) is 44.0 Å². The zero-order chi connectivity index (χ0) is 24.2. The summed E-state index contributed by atoms with van der Waals surface area (Å²) < 4.78 is 37.9. The first-order chi connectivity index (χ1) is 15.5. The third kappa shape index (κ3) is 6.64. The molecule has 0 aliphatic carbocycles. The summed E-state index contributed by atoms with van der Waals surface area (Å²) in [4.78, 5) is 34.3. The molecule has 11 heteroatoms. The van der Waals surface area contributed by atoms with Crippen LogP contribution in [-0.2, 0) is 4.79 Å². The zero-order valence-corrected chi connectivity index (χ0v) is 18.2. The second-order valence-corrected chi connectivity index (χ2v) is 8.03. The van der Waals surface area contributed by atoms with Crippen molar-refractivity contribution in [3.63, 3.8) is 0 Å². The largest absolute Gasteiger partial charge is 0.490 e. The minimum atomic E-state index is -5.08. The molecule has 2 aromatic rings. The number of aryl methyl sites for hydroxylation is 2. The number of rotatable bonds is 3. The number of benzene rings is 1. The van der Waals surface area contributed by atoms with Crippen molar-refractivity contribution in [2.75, 3.05) is 26.2 Å². The first-order valence-corrected chi connectivity index (χ1v) is 10.4. The average molecular weight is 466 g/mol. The fraction of sp³-hybridized carbons (Fsp3) is 0.455. The Bertz CT molecular complexity index is 967. The van der Waals surface area contributed by atoms with Gasteiger partial charge in [0.2, 0.25) is 0 Å². The highest BCUT2D eigenvalue weighted by Crippen LogP contribution is 2.26. The van der Waals surface area contributed by atoms with Crippen LogP contribution in [0.4, 0.5) is 13.2 Å². The number of nitrogens with zero attached hydrogens (tertiary/aromatic N) is 4. The Labute approximate surface area is 189 Å². The van der Waals surface area contributed by atoms with E-state index in [1.807, 2.05) is 24.0 Å². The number of piperazine rings is 1. The molecule has 1 N–H and O–H groups in total. The van der Waals surface area contributed by atoms with Crippen LogP contribution in [-0.4, -0.2) is 81.3 Å². The number of carboxylic acid groups (broad SMARTS) is 1. The van der Waals surface area contributed by atoms with Gasteiger partial charge in [-0.25, -0.2) is 9.78 Å². The Morgan fingerprint density at radius 2 is 1.73 bits per heavy atom. The monoisotopic (exact) mass is 466 g/mol. The first kappa shape index (κ1) is 24.4. The third-order valence-electron chi connectivity index (χ3n) is 5.43. The number of hydrogen-bond donors (Lipinski definition) is 1. The predicted molar refractivity (Wildman–Crippen MR) is 112 cm³/mol. The number of fused-ring (bicyclic) bond motifs is 1. The number of aliphatic carboxylic acids is 1. The van der Waals surface area contributed by atoms with Crippen molar-refractivity contribution in [1.82, 2.24) is 19.8 Å². The number of ether oxygens (including phenoxy) is 1. The van der Waals surface area contributed by atoms with Crippen LogP contribution in [0.15, 0.2) is 36.7 Å². The van der Waals surface area contributed by atoms with Gasteiger partial charge in [0.1, 0.15) is 17.5 Å². The summed E-state index contributed by atoms with van der Waals surface area (Å²) in [6, 6.07) is 8.54. The molecule has 2 fully saturated rings. The molecular weight excluding hydrogens is 441 g/mol. The lowest BCUT2D eigenvalue weighted by atomic mass is 10.1. The minimum Gasteiger partial charge on any atom is -0.489 e. The van der Waals surface area contributed by atoms with Crippen molar-refractivity contribution in [2.24, 2.45) is 0 Å². The van der Waals surface area contributed by atoms with Gasteiger partial charge in [0.05, 0.1) is 11.9 Å². The molecule has 1 amide bonds. The molecule has 3 heterocycles. The van der Waals surface area contributed by atoms with Crippen molar-refractivity contribution in [2.45, 2.75) is 38.6 Å². The van der Waals surface area contributed by atoms with Crippen molar-refractivity contribution in [3.8, 4) is 5.75 Å². The molecule has 1 aromatic carbocycles. The SMILES string of the molecule is Cc1ccc(O[C@@H]2C[C@H]3CN(C(=O)c4cnc(C)cn4)CCN3C2)cc1.O=C(O)C(F)(F)F. The van der Waals surface area contributed by atoms with Gasteiger partial charge >= 0.3 is 12.1 Å². The lowest BCUT2D eigenvalue weighted by molar-refractivity contribution is -0.192. The fourth-order valence-corrected chi connectivity index (χ4v) is 3.74. The molecule has 33 heavy (non-hydrogen) atoms. The van der Waals surface area contributed by atoms with Gasteiger partial charge in [-0.15, -0.1) is 0 Å². The topological polar surface area (TPSA) is 95.9 Å². The summed E-state index contributed by atoms with van der Waals surface area (Å²) in [6.45, 7) is 7.19. The van der Waals surface area contributed by atoms with Gasteiger partial charge in [-0.3, -0.25) is 14.7 Å². The summed E-state index contributed by atoms with van der Waals surface area (Å²) in [5.41, 5.74) is 2.47. The molecule has 2 aliphatic heterocycles. The quantitative estimate of drug-likeness (QED) is 0.743. The number of halogens is 3. The number of carboxylic acids is 1. The Balaban J connectivity index is 0.000000383. The summed E-state index contributed by atoms with van der Waals surface area (Å²) in [5, 5.41) is 7.12. The molecule has 0 unspecified atom stereocenters. The van der Waals surface area contributed by atoms with Crippen LogP contribution in [0.3, 0.4) is 0 Å². The Kier molecular flexibility index (Phi) is 7.52. The second kappa shape index (κ2) is 10.2.